The van der Waals surface area contributed by atoms with Gasteiger partial charge in [0.1, 0.15) is 5.82 Å². The van der Waals surface area contributed by atoms with Crippen molar-refractivity contribution in [2.24, 2.45) is 0 Å². The van der Waals surface area contributed by atoms with Crippen LogP contribution in [-0.2, 0) is 9.84 Å². The second kappa shape index (κ2) is 8.37. The quantitative estimate of drug-likeness (QED) is 0.760. The minimum Gasteiger partial charge on any atom is -0.336 e. The molecule has 1 aliphatic heterocycles. The first-order valence-corrected chi connectivity index (χ1v) is 10.6. The molecule has 27 heavy (non-hydrogen) atoms. The Labute approximate surface area is 163 Å². The van der Waals surface area contributed by atoms with Gasteiger partial charge in [-0.15, -0.1) is 0 Å². The lowest BCUT2D eigenvalue weighted by atomic mass is 10.2. The Morgan fingerprint density at radius 2 is 1.56 bits per heavy atom. The van der Waals surface area contributed by atoms with E-state index in [9.17, 15) is 17.6 Å². The number of carbonyl (C=O) groups excluding carboxylic acids is 1. The van der Waals surface area contributed by atoms with Crippen molar-refractivity contribution in [3.05, 3.63) is 64.9 Å². The molecule has 1 amide bonds. The van der Waals surface area contributed by atoms with Crippen LogP contribution in [-0.4, -0.2) is 62.6 Å². The van der Waals surface area contributed by atoms with Gasteiger partial charge in [0, 0.05) is 43.3 Å². The topological polar surface area (TPSA) is 57.7 Å². The zero-order chi connectivity index (χ0) is 19.4. The van der Waals surface area contributed by atoms with E-state index in [-0.39, 0.29) is 22.4 Å². The van der Waals surface area contributed by atoms with Crippen LogP contribution in [0.2, 0.25) is 5.02 Å². The predicted octanol–water partition coefficient (Wildman–Crippen LogP) is 2.71. The van der Waals surface area contributed by atoms with Crippen LogP contribution in [0.5, 0.6) is 0 Å². The second-order valence-electron chi connectivity index (χ2n) is 6.41. The normalized spacial score (nSPS) is 15.7. The van der Waals surface area contributed by atoms with E-state index in [1.165, 1.54) is 36.4 Å². The van der Waals surface area contributed by atoms with Crippen LogP contribution in [0.25, 0.3) is 0 Å². The van der Waals surface area contributed by atoms with Crippen LogP contribution < -0.4 is 0 Å². The first-order chi connectivity index (χ1) is 12.8. The fourth-order valence-corrected chi connectivity index (χ4v) is 4.37. The van der Waals surface area contributed by atoms with Gasteiger partial charge in [0.2, 0.25) is 0 Å². The number of nitrogens with zero attached hydrogens (tertiary/aromatic N) is 2. The summed E-state index contributed by atoms with van der Waals surface area (Å²) in [5.41, 5.74) is 0.454. The largest absolute Gasteiger partial charge is 0.336 e. The zero-order valence-electron chi connectivity index (χ0n) is 14.6. The van der Waals surface area contributed by atoms with E-state index >= 15 is 0 Å². The third kappa shape index (κ3) is 5.06. The summed E-state index contributed by atoms with van der Waals surface area (Å²) >= 11 is 5.80. The highest BCUT2D eigenvalue weighted by atomic mass is 35.5. The summed E-state index contributed by atoms with van der Waals surface area (Å²) < 4.78 is 37.8. The molecule has 0 bridgehead atoms. The van der Waals surface area contributed by atoms with E-state index in [1.54, 1.807) is 17.0 Å². The molecule has 8 heteroatoms. The molecule has 0 spiro atoms. The van der Waals surface area contributed by atoms with Crippen LogP contribution in [0, 0.1) is 5.82 Å². The number of halogens is 2. The van der Waals surface area contributed by atoms with Gasteiger partial charge < -0.3 is 4.90 Å². The van der Waals surface area contributed by atoms with E-state index in [1.807, 2.05) is 4.90 Å². The van der Waals surface area contributed by atoms with Crippen molar-refractivity contribution >= 4 is 27.3 Å². The Balaban J connectivity index is 1.51. The number of piperazine rings is 1. The first kappa shape index (κ1) is 19.8. The summed E-state index contributed by atoms with van der Waals surface area (Å²) in [6.07, 6.45) is 0. The number of hydrogen-bond donors (Lipinski definition) is 0. The molecule has 1 fully saturated rings. The van der Waals surface area contributed by atoms with Crippen molar-refractivity contribution in [1.82, 2.24) is 9.80 Å². The summed E-state index contributed by atoms with van der Waals surface area (Å²) in [5.74, 6) is -0.498. The molecular formula is C19H20ClFN2O3S. The van der Waals surface area contributed by atoms with E-state index in [0.29, 0.717) is 43.3 Å². The lowest BCUT2D eigenvalue weighted by molar-refractivity contribution is 0.0644. The molecule has 0 atom stereocenters. The van der Waals surface area contributed by atoms with Crippen molar-refractivity contribution in [3.8, 4) is 0 Å². The summed E-state index contributed by atoms with van der Waals surface area (Å²) in [6.45, 7) is 2.63. The van der Waals surface area contributed by atoms with E-state index < -0.39 is 9.84 Å². The maximum atomic E-state index is 13.0. The molecule has 0 saturated carbocycles. The molecule has 5 nitrogen and oxygen atoms in total. The molecule has 0 N–H and O–H groups in total. The number of rotatable bonds is 5. The molecule has 0 unspecified atom stereocenters. The lowest BCUT2D eigenvalue weighted by Crippen LogP contribution is -2.49. The standard InChI is InChI=1S/C19H20ClFN2O3S/c20-16-3-7-18(8-4-16)27(25,26)14-13-22-9-11-23(12-10-22)19(24)15-1-5-17(21)6-2-15/h1-8H,9-14H2. The van der Waals surface area contributed by atoms with Gasteiger partial charge >= 0.3 is 0 Å². The Bertz CT molecular complexity index is 894. The Morgan fingerprint density at radius 3 is 2.15 bits per heavy atom. The minimum atomic E-state index is -3.37. The Hall–Kier alpha value is -1.96. The highest BCUT2D eigenvalue weighted by Crippen LogP contribution is 2.16. The number of sulfone groups is 1. The van der Waals surface area contributed by atoms with Gasteiger partial charge in [-0.25, -0.2) is 12.8 Å². The summed E-state index contributed by atoms with van der Waals surface area (Å²) in [7, 11) is -3.37. The van der Waals surface area contributed by atoms with Gasteiger partial charge in [-0.2, -0.15) is 0 Å². The van der Waals surface area contributed by atoms with Crippen molar-refractivity contribution < 1.29 is 17.6 Å². The van der Waals surface area contributed by atoms with Gasteiger partial charge in [-0.3, -0.25) is 9.69 Å². The molecule has 1 heterocycles. The maximum absolute atomic E-state index is 13.0. The average Bonchev–Trinajstić information content (AvgIpc) is 2.67. The molecule has 3 rings (SSSR count). The molecule has 1 saturated heterocycles. The highest BCUT2D eigenvalue weighted by Gasteiger charge is 2.23. The molecule has 0 aliphatic carbocycles. The van der Waals surface area contributed by atoms with Crippen LogP contribution in [0.3, 0.4) is 0 Å². The molecule has 2 aromatic carbocycles. The summed E-state index contributed by atoms with van der Waals surface area (Å²) in [6, 6.07) is 11.6. The summed E-state index contributed by atoms with van der Waals surface area (Å²) in [4.78, 5) is 16.4. The number of hydrogen-bond acceptors (Lipinski definition) is 4. The molecular weight excluding hydrogens is 391 g/mol. The maximum Gasteiger partial charge on any atom is 0.253 e. The van der Waals surface area contributed by atoms with Gasteiger partial charge in [-0.1, -0.05) is 11.6 Å². The monoisotopic (exact) mass is 410 g/mol. The molecule has 2 aromatic rings. The second-order valence-corrected chi connectivity index (χ2v) is 8.96. The SMILES string of the molecule is O=C(c1ccc(F)cc1)N1CCN(CCS(=O)(=O)c2ccc(Cl)cc2)CC1. The van der Waals surface area contributed by atoms with Crippen LogP contribution in [0.1, 0.15) is 10.4 Å². The fourth-order valence-electron chi connectivity index (χ4n) is 2.96. The first-order valence-electron chi connectivity index (χ1n) is 8.61. The molecule has 144 valence electrons. The lowest BCUT2D eigenvalue weighted by Gasteiger charge is -2.34. The summed E-state index contributed by atoms with van der Waals surface area (Å²) in [5, 5.41) is 0.496. The van der Waals surface area contributed by atoms with Crippen molar-refractivity contribution in [3.63, 3.8) is 0 Å². The van der Waals surface area contributed by atoms with Crippen molar-refractivity contribution in [2.45, 2.75) is 4.90 Å². The smallest absolute Gasteiger partial charge is 0.253 e. The van der Waals surface area contributed by atoms with Gasteiger partial charge in [0.25, 0.3) is 5.91 Å². The number of carbonyl (C=O) groups is 1. The van der Waals surface area contributed by atoms with Gasteiger partial charge in [-0.05, 0) is 48.5 Å². The fraction of sp³-hybridized carbons (Fsp3) is 0.316. The molecule has 1 aliphatic rings. The van der Waals surface area contributed by atoms with Crippen LogP contribution in [0.15, 0.2) is 53.4 Å². The predicted molar refractivity (Wildman–Crippen MR) is 102 cm³/mol. The number of benzene rings is 2. The average molecular weight is 411 g/mol. The highest BCUT2D eigenvalue weighted by molar-refractivity contribution is 7.91. The third-order valence-corrected chi connectivity index (χ3v) is 6.56. The van der Waals surface area contributed by atoms with Crippen molar-refractivity contribution in [1.29, 1.82) is 0 Å². The van der Waals surface area contributed by atoms with Crippen molar-refractivity contribution in [2.75, 3.05) is 38.5 Å². The molecule has 0 aromatic heterocycles. The molecule has 0 radical (unpaired) electrons. The Morgan fingerprint density at radius 1 is 0.963 bits per heavy atom. The van der Waals surface area contributed by atoms with Crippen LogP contribution >= 0.6 is 11.6 Å². The minimum absolute atomic E-state index is 0.0144. The van der Waals surface area contributed by atoms with E-state index in [2.05, 4.69) is 0 Å². The number of amides is 1. The van der Waals surface area contributed by atoms with Crippen LogP contribution in [0.4, 0.5) is 4.39 Å². The van der Waals surface area contributed by atoms with Gasteiger partial charge in [0.15, 0.2) is 9.84 Å². The zero-order valence-corrected chi connectivity index (χ0v) is 16.2. The third-order valence-electron chi connectivity index (χ3n) is 4.60. The Kier molecular flexibility index (Phi) is 6.14. The van der Waals surface area contributed by atoms with Gasteiger partial charge in [0.05, 0.1) is 10.6 Å². The van der Waals surface area contributed by atoms with E-state index in [0.717, 1.165) is 0 Å². The van der Waals surface area contributed by atoms with E-state index in [4.69, 9.17) is 11.6 Å².